The average molecular weight is 247 g/mol. The van der Waals surface area contributed by atoms with Crippen LogP contribution in [-0.2, 0) is 4.79 Å². The lowest BCUT2D eigenvalue weighted by Gasteiger charge is -2.17. The van der Waals surface area contributed by atoms with Gasteiger partial charge in [0.15, 0.2) is 0 Å². The molecule has 0 saturated carbocycles. The summed E-state index contributed by atoms with van der Waals surface area (Å²) >= 11 is 0. The van der Waals surface area contributed by atoms with E-state index >= 15 is 0 Å². The molecule has 0 bridgehead atoms. The van der Waals surface area contributed by atoms with E-state index in [4.69, 9.17) is 10.4 Å². The quantitative estimate of drug-likeness (QED) is 0.818. The van der Waals surface area contributed by atoms with E-state index in [0.29, 0.717) is 5.56 Å². The molecule has 0 saturated heterocycles. The molecule has 0 aromatic carbocycles. The molecule has 0 radical (unpaired) electrons. The maximum atomic E-state index is 11.7. The zero-order valence-corrected chi connectivity index (χ0v) is 10.0. The minimum atomic E-state index is -0.976. The van der Waals surface area contributed by atoms with Crippen molar-refractivity contribution in [1.82, 2.24) is 10.3 Å². The normalized spacial score (nSPS) is 13.2. The number of carbonyl (C=O) groups excluding carboxylic acids is 1. The highest BCUT2D eigenvalue weighted by atomic mass is 16.4. The molecule has 0 aliphatic heterocycles. The van der Waals surface area contributed by atoms with Gasteiger partial charge < -0.3 is 10.4 Å². The van der Waals surface area contributed by atoms with E-state index < -0.39 is 23.8 Å². The second kappa shape index (κ2) is 5.77. The summed E-state index contributed by atoms with van der Waals surface area (Å²) in [6.45, 7) is 3.12. The summed E-state index contributed by atoms with van der Waals surface area (Å²) in [6, 6.07) is 4.29. The Hall–Kier alpha value is -2.42. The van der Waals surface area contributed by atoms with Gasteiger partial charge in [0.1, 0.15) is 11.8 Å². The van der Waals surface area contributed by atoms with Crippen LogP contribution in [0.5, 0.6) is 0 Å². The molecule has 0 fully saturated rings. The van der Waals surface area contributed by atoms with Crippen molar-refractivity contribution in [2.24, 2.45) is 5.92 Å². The van der Waals surface area contributed by atoms with Gasteiger partial charge in [-0.25, -0.2) is 4.98 Å². The number of carboxylic acids is 1. The Morgan fingerprint density at radius 3 is 2.56 bits per heavy atom. The van der Waals surface area contributed by atoms with Crippen molar-refractivity contribution in [1.29, 1.82) is 5.26 Å². The Balaban J connectivity index is 2.71. The number of carboxylic acid groups (broad SMARTS) is 1. The molecule has 6 heteroatoms. The third-order valence-corrected chi connectivity index (χ3v) is 2.62. The lowest BCUT2D eigenvalue weighted by atomic mass is 10.0. The molecule has 1 rings (SSSR count). The fourth-order valence-corrected chi connectivity index (χ4v) is 1.21. The molecular formula is C12H13N3O3. The highest BCUT2D eigenvalue weighted by molar-refractivity contribution is 5.92. The van der Waals surface area contributed by atoms with Crippen LogP contribution in [0.4, 0.5) is 0 Å². The Morgan fingerprint density at radius 2 is 2.11 bits per heavy atom. The number of aromatic nitrogens is 1. The first-order valence-corrected chi connectivity index (χ1v) is 5.35. The maximum Gasteiger partial charge on any atom is 0.308 e. The lowest BCUT2D eigenvalue weighted by Crippen LogP contribution is -2.40. The van der Waals surface area contributed by atoms with Crippen molar-refractivity contribution in [2.75, 3.05) is 0 Å². The van der Waals surface area contributed by atoms with Crippen molar-refractivity contribution in [2.45, 2.75) is 19.9 Å². The SMILES string of the molecule is CC(NC(=O)c1ccc(C#N)cn1)C(C)C(=O)O. The molecule has 18 heavy (non-hydrogen) atoms. The molecule has 2 unspecified atom stereocenters. The molecule has 1 aromatic heterocycles. The predicted molar refractivity (Wildman–Crippen MR) is 62.7 cm³/mol. The number of rotatable bonds is 4. The summed E-state index contributed by atoms with van der Waals surface area (Å²) in [5.74, 6) is -2.12. The van der Waals surface area contributed by atoms with Gasteiger partial charge in [0.25, 0.3) is 5.91 Å². The standard InChI is InChI=1S/C12H13N3O3/c1-7(12(17)18)8(2)15-11(16)10-4-3-9(5-13)6-14-10/h3-4,6-8H,1-2H3,(H,15,16)(H,17,18). The fourth-order valence-electron chi connectivity index (χ4n) is 1.21. The van der Waals surface area contributed by atoms with E-state index in [-0.39, 0.29) is 5.69 Å². The number of nitrogens with zero attached hydrogens (tertiary/aromatic N) is 2. The Kier molecular flexibility index (Phi) is 4.38. The molecule has 6 nitrogen and oxygen atoms in total. The van der Waals surface area contributed by atoms with Crippen LogP contribution >= 0.6 is 0 Å². The number of hydrogen-bond donors (Lipinski definition) is 2. The third kappa shape index (κ3) is 3.28. The predicted octanol–water partition coefficient (Wildman–Crippen LogP) is 0.792. The van der Waals surface area contributed by atoms with Crippen LogP contribution in [0.25, 0.3) is 0 Å². The highest BCUT2D eigenvalue weighted by Gasteiger charge is 2.21. The molecule has 1 aromatic rings. The topological polar surface area (TPSA) is 103 Å². The fraction of sp³-hybridized carbons (Fsp3) is 0.333. The van der Waals surface area contributed by atoms with Crippen molar-refractivity contribution in [3.63, 3.8) is 0 Å². The molecule has 2 atom stereocenters. The summed E-state index contributed by atoms with van der Waals surface area (Å²) in [5.41, 5.74) is 0.511. The molecule has 94 valence electrons. The van der Waals surface area contributed by atoms with Gasteiger partial charge in [-0.3, -0.25) is 9.59 Å². The van der Waals surface area contributed by atoms with Gasteiger partial charge in [-0.1, -0.05) is 0 Å². The van der Waals surface area contributed by atoms with Crippen LogP contribution in [0.2, 0.25) is 0 Å². The van der Waals surface area contributed by atoms with E-state index in [1.54, 1.807) is 6.92 Å². The lowest BCUT2D eigenvalue weighted by molar-refractivity contribution is -0.141. The van der Waals surface area contributed by atoms with Crippen LogP contribution in [-0.4, -0.2) is 28.0 Å². The van der Waals surface area contributed by atoms with Crippen LogP contribution < -0.4 is 5.32 Å². The number of nitriles is 1. The number of hydrogen-bond acceptors (Lipinski definition) is 4. The van der Waals surface area contributed by atoms with Gasteiger partial charge in [-0.2, -0.15) is 5.26 Å². The van der Waals surface area contributed by atoms with Crippen LogP contribution in [0.3, 0.4) is 0 Å². The van der Waals surface area contributed by atoms with E-state index in [0.717, 1.165) is 0 Å². The summed E-state index contributed by atoms with van der Waals surface area (Å²) in [7, 11) is 0. The molecule has 0 aliphatic rings. The molecule has 0 spiro atoms. The van der Waals surface area contributed by atoms with Crippen molar-refractivity contribution >= 4 is 11.9 Å². The molecule has 2 N–H and O–H groups in total. The number of pyridine rings is 1. The van der Waals surface area contributed by atoms with Crippen molar-refractivity contribution < 1.29 is 14.7 Å². The Labute approximate surface area is 104 Å². The number of carbonyl (C=O) groups is 2. The van der Waals surface area contributed by atoms with Gasteiger partial charge in [-0.05, 0) is 26.0 Å². The van der Waals surface area contributed by atoms with Gasteiger partial charge in [0, 0.05) is 12.2 Å². The van der Waals surface area contributed by atoms with E-state index in [1.807, 2.05) is 6.07 Å². The van der Waals surface area contributed by atoms with Crippen LogP contribution in [0.1, 0.15) is 29.9 Å². The second-order valence-corrected chi connectivity index (χ2v) is 3.93. The first-order chi connectivity index (χ1) is 8.45. The number of nitrogens with one attached hydrogen (secondary N) is 1. The van der Waals surface area contributed by atoms with E-state index in [2.05, 4.69) is 10.3 Å². The zero-order chi connectivity index (χ0) is 13.7. The highest BCUT2D eigenvalue weighted by Crippen LogP contribution is 2.04. The van der Waals surface area contributed by atoms with Crippen LogP contribution in [0, 0.1) is 17.2 Å². The molecule has 0 aliphatic carbocycles. The molecular weight excluding hydrogens is 234 g/mol. The molecule has 1 amide bonds. The van der Waals surface area contributed by atoms with Gasteiger partial charge in [0.05, 0.1) is 11.5 Å². The maximum absolute atomic E-state index is 11.7. The monoisotopic (exact) mass is 247 g/mol. The van der Waals surface area contributed by atoms with Gasteiger partial charge in [-0.15, -0.1) is 0 Å². The molecule has 1 heterocycles. The van der Waals surface area contributed by atoms with Crippen molar-refractivity contribution in [3.05, 3.63) is 29.6 Å². The summed E-state index contributed by atoms with van der Waals surface area (Å²) in [6.07, 6.45) is 1.29. The number of aliphatic carboxylic acids is 1. The summed E-state index contributed by atoms with van der Waals surface area (Å²) < 4.78 is 0. The van der Waals surface area contributed by atoms with E-state index in [1.165, 1.54) is 25.3 Å². The minimum absolute atomic E-state index is 0.151. The zero-order valence-electron chi connectivity index (χ0n) is 10.0. The average Bonchev–Trinajstić information content (AvgIpc) is 2.37. The van der Waals surface area contributed by atoms with Gasteiger partial charge in [0.2, 0.25) is 0 Å². The summed E-state index contributed by atoms with van der Waals surface area (Å²) in [4.78, 5) is 26.3. The van der Waals surface area contributed by atoms with Gasteiger partial charge >= 0.3 is 5.97 Å². The second-order valence-electron chi connectivity index (χ2n) is 3.93. The number of amides is 1. The first kappa shape index (κ1) is 13.6. The first-order valence-electron chi connectivity index (χ1n) is 5.35. The van der Waals surface area contributed by atoms with E-state index in [9.17, 15) is 9.59 Å². The Morgan fingerprint density at radius 1 is 1.44 bits per heavy atom. The largest absolute Gasteiger partial charge is 0.481 e. The van der Waals surface area contributed by atoms with Crippen molar-refractivity contribution in [3.8, 4) is 6.07 Å². The smallest absolute Gasteiger partial charge is 0.308 e. The Bertz CT molecular complexity index is 490. The minimum Gasteiger partial charge on any atom is -0.481 e. The third-order valence-electron chi connectivity index (χ3n) is 2.62. The summed E-state index contributed by atoms with van der Waals surface area (Å²) in [5, 5.41) is 19.9. The van der Waals surface area contributed by atoms with Crippen LogP contribution in [0.15, 0.2) is 18.3 Å².